The third kappa shape index (κ3) is 4.78. The summed E-state index contributed by atoms with van der Waals surface area (Å²) in [4.78, 5) is 10.3. The van der Waals surface area contributed by atoms with Crippen LogP contribution in [-0.2, 0) is 0 Å². The maximum atomic E-state index is 6.78. The number of para-hydroxylation sites is 4. The van der Waals surface area contributed by atoms with Crippen molar-refractivity contribution in [1.82, 2.24) is 14.5 Å². The average Bonchev–Trinajstić information content (AvgIpc) is 3.58. The van der Waals surface area contributed by atoms with Gasteiger partial charge in [-0.05, 0) is 70.1 Å². The summed E-state index contributed by atoms with van der Waals surface area (Å²) < 4.78 is 9.16. The lowest BCUT2D eigenvalue weighted by Gasteiger charge is -2.12. The zero-order valence-electron chi connectivity index (χ0n) is 29.1. The maximum Gasteiger partial charge on any atom is 0.160 e. The van der Waals surface area contributed by atoms with Gasteiger partial charge in [-0.15, -0.1) is 0 Å². The minimum absolute atomic E-state index is 0.693. The molecule has 0 atom stereocenters. The molecule has 0 aliphatic heterocycles. The summed E-state index contributed by atoms with van der Waals surface area (Å²) in [6.45, 7) is 0. The first-order valence-corrected chi connectivity index (χ1v) is 18.2. The Labute approximate surface area is 310 Å². The third-order valence-corrected chi connectivity index (χ3v) is 10.6. The summed E-state index contributed by atoms with van der Waals surface area (Å²) in [5.41, 5.74) is 8.81. The standard InChI is InChI=1S/C50H31N3O/c1-2-15-32(16-3-1)49-40-24-6-10-25-44(40)51-50(52-49)33-17-14-18-34(29-33)53-45-26-11-7-21-37(45)43-30-41-36-20-5-4-19-35(36)38-22-8-12-27-47(38)54-48-28-13-9-23-39(48)42(41)31-46(43)53/h1-31H. The first kappa shape index (κ1) is 30.3. The van der Waals surface area contributed by atoms with Gasteiger partial charge in [-0.2, -0.15) is 0 Å². The molecule has 0 fully saturated rings. The average molecular weight is 690 g/mol. The van der Waals surface area contributed by atoms with Crippen LogP contribution in [0.4, 0.5) is 0 Å². The Hall–Kier alpha value is -7.30. The fourth-order valence-corrected chi connectivity index (χ4v) is 8.17. The molecule has 0 amide bonds. The van der Waals surface area contributed by atoms with Gasteiger partial charge in [-0.3, -0.25) is 0 Å². The number of fused-ring (bicyclic) bond motifs is 11. The van der Waals surface area contributed by atoms with E-state index in [1.165, 1.54) is 21.5 Å². The Balaban J connectivity index is 1.23. The van der Waals surface area contributed by atoms with Gasteiger partial charge in [0.2, 0.25) is 0 Å². The van der Waals surface area contributed by atoms with Crippen molar-refractivity contribution < 1.29 is 4.42 Å². The van der Waals surface area contributed by atoms with Gasteiger partial charge in [0.05, 0.1) is 22.2 Å². The van der Waals surface area contributed by atoms with Crippen LogP contribution in [0.2, 0.25) is 0 Å². The van der Waals surface area contributed by atoms with Crippen molar-refractivity contribution in [3.63, 3.8) is 0 Å². The molecule has 0 radical (unpaired) electrons. The molecule has 11 rings (SSSR count). The molecule has 4 heteroatoms. The van der Waals surface area contributed by atoms with E-state index in [1.54, 1.807) is 0 Å². The summed E-state index contributed by atoms with van der Waals surface area (Å²) in [7, 11) is 0. The molecule has 11 aromatic rings. The highest BCUT2D eigenvalue weighted by Crippen LogP contribution is 2.40. The number of hydrogen-bond donors (Lipinski definition) is 0. The molecule has 0 bridgehead atoms. The summed E-state index contributed by atoms with van der Waals surface area (Å²) >= 11 is 0. The van der Waals surface area contributed by atoms with E-state index in [0.29, 0.717) is 5.82 Å². The minimum atomic E-state index is 0.693. The van der Waals surface area contributed by atoms with Crippen molar-refractivity contribution in [1.29, 1.82) is 0 Å². The summed E-state index contributed by atoms with van der Waals surface area (Å²) in [5.74, 6) is 0.693. The molecule has 0 aliphatic carbocycles. The van der Waals surface area contributed by atoms with Gasteiger partial charge < -0.3 is 8.98 Å². The molecule has 0 aliphatic rings. The van der Waals surface area contributed by atoms with E-state index in [1.807, 2.05) is 30.3 Å². The van der Waals surface area contributed by atoms with E-state index in [2.05, 4.69) is 162 Å². The molecule has 3 heterocycles. The second kappa shape index (κ2) is 12.1. The zero-order chi connectivity index (χ0) is 35.6. The van der Waals surface area contributed by atoms with Crippen LogP contribution in [0.3, 0.4) is 0 Å². The number of nitrogens with zero attached hydrogens (tertiary/aromatic N) is 3. The first-order chi connectivity index (χ1) is 26.8. The van der Waals surface area contributed by atoms with Crippen LogP contribution in [0.15, 0.2) is 192 Å². The smallest absolute Gasteiger partial charge is 0.160 e. The Morgan fingerprint density at radius 1 is 0.352 bits per heavy atom. The van der Waals surface area contributed by atoms with E-state index < -0.39 is 0 Å². The topological polar surface area (TPSA) is 43.9 Å². The Morgan fingerprint density at radius 2 is 0.926 bits per heavy atom. The van der Waals surface area contributed by atoms with Gasteiger partial charge in [-0.1, -0.05) is 140 Å². The quantitative estimate of drug-likeness (QED) is 0.185. The van der Waals surface area contributed by atoms with Crippen LogP contribution >= 0.6 is 0 Å². The molecule has 3 aromatic heterocycles. The van der Waals surface area contributed by atoms with Crippen LogP contribution in [0.5, 0.6) is 0 Å². The van der Waals surface area contributed by atoms with Gasteiger partial charge in [0, 0.05) is 43.7 Å². The second-order valence-corrected chi connectivity index (χ2v) is 13.7. The van der Waals surface area contributed by atoms with Crippen molar-refractivity contribution in [2.45, 2.75) is 0 Å². The van der Waals surface area contributed by atoms with Crippen molar-refractivity contribution in [3.8, 4) is 28.3 Å². The van der Waals surface area contributed by atoms with Gasteiger partial charge in [-0.25, -0.2) is 9.97 Å². The molecular formula is C50H31N3O. The summed E-state index contributed by atoms with van der Waals surface area (Å²) in [6, 6.07) is 66.1. The fourth-order valence-electron chi connectivity index (χ4n) is 8.17. The van der Waals surface area contributed by atoms with Crippen LogP contribution in [0.1, 0.15) is 0 Å². The highest BCUT2D eigenvalue weighted by molar-refractivity contribution is 6.23. The maximum absolute atomic E-state index is 6.78. The minimum Gasteiger partial charge on any atom is -0.456 e. The molecule has 0 spiro atoms. The van der Waals surface area contributed by atoms with E-state index in [0.717, 1.165) is 77.2 Å². The number of aromatic nitrogens is 3. The lowest BCUT2D eigenvalue weighted by atomic mass is 9.99. The van der Waals surface area contributed by atoms with Crippen LogP contribution in [0.25, 0.3) is 105 Å². The van der Waals surface area contributed by atoms with Gasteiger partial charge in [0.15, 0.2) is 5.82 Å². The monoisotopic (exact) mass is 689 g/mol. The van der Waals surface area contributed by atoms with Gasteiger partial charge in [0.25, 0.3) is 0 Å². The van der Waals surface area contributed by atoms with Crippen molar-refractivity contribution in [2.75, 3.05) is 0 Å². The van der Waals surface area contributed by atoms with Crippen molar-refractivity contribution >= 4 is 76.2 Å². The molecule has 252 valence electrons. The lowest BCUT2D eigenvalue weighted by Crippen LogP contribution is -1.97. The summed E-state index contributed by atoms with van der Waals surface area (Å²) in [5, 5.41) is 10.1. The SMILES string of the molecule is c1ccc(-c2nc(-c3cccc(-n4c5ccccc5c5cc6c(cc54)c4ccccc4oc4ccccc4c4ccccc46)c3)nc3ccccc23)cc1. The fraction of sp³-hybridized carbons (Fsp3) is 0. The van der Waals surface area contributed by atoms with E-state index in [-0.39, 0.29) is 0 Å². The largest absolute Gasteiger partial charge is 0.456 e. The Kier molecular flexibility index (Phi) is 6.82. The molecular weight excluding hydrogens is 659 g/mol. The summed E-state index contributed by atoms with van der Waals surface area (Å²) in [6.07, 6.45) is 0. The zero-order valence-corrected chi connectivity index (χ0v) is 29.1. The number of rotatable bonds is 3. The molecule has 0 unspecified atom stereocenters. The van der Waals surface area contributed by atoms with Crippen LogP contribution in [-0.4, -0.2) is 14.5 Å². The van der Waals surface area contributed by atoms with E-state index in [4.69, 9.17) is 14.4 Å². The molecule has 0 N–H and O–H groups in total. The van der Waals surface area contributed by atoms with Crippen molar-refractivity contribution in [3.05, 3.63) is 188 Å². The van der Waals surface area contributed by atoms with E-state index in [9.17, 15) is 0 Å². The van der Waals surface area contributed by atoms with Gasteiger partial charge in [0.1, 0.15) is 11.2 Å². The second-order valence-electron chi connectivity index (χ2n) is 13.7. The first-order valence-electron chi connectivity index (χ1n) is 18.2. The highest BCUT2D eigenvalue weighted by atomic mass is 16.3. The molecule has 54 heavy (non-hydrogen) atoms. The van der Waals surface area contributed by atoms with E-state index >= 15 is 0 Å². The third-order valence-electron chi connectivity index (χ3n) is 10.6. The van der Waals surface area contributed by atoms with Crippen LogP contribution < -0.4 is 0 Å². The molecule has 4 nitrogen and oxygen atoms in total. The molecule has 8 aromatic carbocycles. The van der Waals surface area contributed by atoms with Crippen molar-refractivity contribution in [2.24, 2.45) is 0 Å². The Morgan fingerprint density at radius 3 is 1.70 bits per heavy atom. The number of hydrogen-bond acceptors (Lipinski definition) is 3. The van der Waals surface area contributed by atoms with Gasteiger partial charge >= 0.3 is 0 Å². The predicted octanol–water partition coefficient (Wildman–Crippen LogP) is 13.4. The Bertz CT molecular complexity index is 3340. The van der Waals surface area contributed by atoms with Crippen LogP contribution in [0, 0.1) is 0 Å². The normalized spacial score (nSPS) is 11.7. The molecule has 0 saturated carbocycles. The number of benzene rings is 8. The predicted molar refractivity (Wildman–Crippen MR) is 225 cm³/mol. The highest BCUT2D eigenvalue weighted by Gasteiger charge is 2.17. The lowest BCUT2D eigenvalue weighted by molar-refractivity contribution is 0.663. The molecule has 0 saturated heterocycles.